The van der Waals surface area contributed by atoms with Crippen molar-refractivity contribution < 1.29 is 4.74 Å². The third-order valence-electron chi connectivity index (χ3n) is 0.457. The Kier molecular flexibility index (Phi) is 52.8. The standard InChI is InChI=1S/C4H10N2O.2C2H6/c1-2-3-7-4-6-5;2*1-2/h4H,2-3,5H2,1H3;2*1-2H3/b6-4-;;. The van der Waals surface area contributed by atoms with E-state index in [1.54, 1.807) is 0 Å². The van der Waals surface area contributed by atoms with Gasteiger partial charge in [-0.05, 0) is 6.42 Å². The number of nitrogens with two attached hydrogens (primary N) is 1. The van der Waals surface area contributed by atoms with Crippen molar-refractivity contribution in [2.24, 2.45) is 10.9 Å². The van der Waals surface area contributed by atoms with Gasteiger partial charge in [0, 0.05) is 0 Å². The Morgan fingerprint density at radius 1 is 1.27 bits per heavy atom. The molecule has 0 aliphatic heterocycles. The minimum atomic E-state index is 0.695. The monoisotopic (exact) mass is 162 g/mol. The molecule has 0 radical (unpaired) electrons. The second-order valence-electron chi connectivity index (χ2n) is 1.13. The molecule has 0 aliphatic carbocycles. The third-order valence-corrected chi connectivity index (χ3v) is 0.457. The first kappa shape index (κ1) is 16.7. The fourth-order valence-corrected chi connectivity index (χ4v) is 0.214. The molecule has 0 aromatic heterocycles. The van der Waals surface area contributed by atoms with Crippen molar-refractivity contribution in [3.63, 3.8) is 0 Å². The van der Waals surface area contributed by atoms with Gasteiger partial charge in [0.1, 0.15) is 0 Å². The molecule has 0 saturated heterocycles. The van der Waals surface area contributed by atoms with Crippen LogP contribution in [0.1, 0.15) is 41.0 Å². The highest BCUT2D eigenvalue weighted by Crippen LogP contribution is 1.72. The van der Waals surface area contributed by atoms with E-state index < -0.39 is 0 Å². The number of hydrogen-bond acceptors (Lipinski definition) is 3. The summed E-state index contributed by atoms with van der Waals surface area (Å²) < 4.78 is 4.72. The maximum atomic E-state index is 4.72. The molecular weight excluding hydrogens is 140 g/mol. The minimum absolute atomic E-state index is 0.695. The normalized spacial score (nSPS) is 7.36. The van der Waals surface area contributed by atoms with E-state index >= 15 is 0 Å². The van der Waals surface area contributed by atoms with Gasteiger partial charge >= 0.3 is 0 Å². The molecule has 0 atom stereocenters. The van der Waals surface area contributed by atoms with E-state index in [1.807, 2.05) is 34.6 Å². The summed E-state index contributed by atoms with van der Waals surface area (Å²) in [5, 5.41) is 3.13. The smallest absolute Gasteiger partial charge is 0.192 e. The summed E-state index contributed by atoms with van der Waals surface area (Å²) in [6.45, 7) is 10.7. The fraction of sp³-hybridized carbons (Fsp3) is 0.875. The molecule has 0 amide bonds. The maximum Gasteiger partial charge on any atom is 0.192 e. The van der Waals surface area contributed by atoms with Crippen molar-refractivity contribution in [1.82, 2.24) is 0 Å². The molecule has 3 nitrogen and oxygen atoms in total. The van der Waals surface area contributed by atoms with Crippen molar-refractivity contribution in [3.8, 4) is 0 Å². The van der Waals surface area contributed by atoms with Gasteiger partial charge in [0.05, 0.1) is 6.61 Å². The maximum absolute atomic E-state index is 4.72. The number of hydrogen-bond donors (Lipinski definition) is 1. The molecule has 0 aromatic carbocycles. The molecule has 0 fully saturated rings. The van der Waals surface area contributed by atoms with Gasteiger partial charge in [0.2, 0.25) is 0 Å². The van der Waals surface area contributed by atoms with Crippen LogP contribution in [0.4, 0.5) is 0 Å². The quantitative estimate of drug-likeness (QED) is 0.228. The highest BCUT2D eigenvalue weighted by atomic mass is 16.5. The van der Waals surface area contributed by atoms with Crippen molar-refractivity contribution in [3.05, 3.63) is 0 Å². The molecule has 0 aliphatic rings. The van der Waals surface area contributed by atoms with Crippen LogP contribution < -0.4 is 5.84 Å². The lowest BCUT2D eigenvalue weighted by atomic mass is 10.5. The fourth-order valence-electron chi connectivity index (χ4n) is 0.214. The predicted molar refractivity (Wildman–Crippen MR) is 51.6 cm³/mol. The first-order valence-electron chi connectivity index (χ1n) is 4.25. The Labute approximate surface area is 70.6 Å². The van der Waals surface area contributed by atoms with Crippen LogP contribution >= 0.6 is 0 Å². The van der Waals surface area contributed by atoms with Crippen LogP contribution in [0.2, 0.25) is 0 Å². The van der Waals surface area contributed by atoms with Gasteiger partial charge in [-0.15, -0.1) is 0 Å². The van der Waals surface area contributed by atoms with Gasteiger partial charge in [-0.1, -0.05) is 34.6 Å². The first-order valence-corrected chi connectivity index (χ1v) is 4.25. The van der Waals surface area contributed by atoms with Gasteiger partial charge in [0.15, 0.2) is 6.40 Å². The Balaban J connectivity index is -0.000000138. The molecule has 3 heteroatoms. The molecule has 2 N–H and O–H groups in total. The first-order chi connectivity index (χ1) is 5.41. The predicted octanol–water partition coefficient (Wildman–Crippen LogP) is 2.37. The Morgan fingerprint density at radius 3 is 2.00 bits per heavy atom. The average molecular weight is 162 g/mol. The molecule has 0 spiro atoms. The summed E-state index contributed by atoms with van der Waals surface area (Å²) in [6, 6.07) is 0. The summed E-state index contributed by atoms with van der Waals surface area (Å²) in [5.41, 5.74) is 0. The Hall–Kier alpha value is -0.730. The minimum Gasteiger partial charge on any atom is -0.482 e. The topological polar surface area (TPSA) is 47.6 Å². The zero-order valence-corrected chi connectivity index (χ0v) is 8.42. The highest BCUT2D eigenvalue weighted by Gasteiger charge is 1.71. The van der Waals surface area contributed by atoms with Crippen LogP contribution in [0.25, 0.3) is 0 Å². The molecule has 0 saturated carbocycles. The van der Waals surface area contributed by atoms with Gasteiger partial charge < -0.3 is 10.6 Å². The van der Waals surface area contributed by atoms with Gasteiger partial charge in [-0.2, -0.15) is 5.10 Å². The molecular formula is C8H22N2O. The lowest BCUT2D eigenvalue weighted by Gasteiger charge is -1.90. The molecule has 0 bridgehead atoms. The number of ether oxygens (including phenoxy) is 1. The lowest BCUT2D eigenvalue weighted by Crippen LogP contribution is -1.91. The second kappa shape index (κ2) is 34.8. The average Bonchev–Trinajstić information content (AvgIpc) is 2.13. The lowest BCUT2D eigenvalue weighted by molar-refractivity contribution is 0.318. The van der Waals surface area contributed by atoms with E-state index in [-0.39, 0.29) is 0 Å². The summed E-state index contributed by atoms with van der Waals surface area (Å²) in [5.74, 6) is 4.71. The van der Waals surface area contributed by atoms with Crippen LogP contribution in [0.15, 0.2) is 5.10 Å². The van der Waals surface area contributed by atoms with E-state index in [1.165, 1.54) is 6.40 Å². The number of hydrazone groups is 1. The molecule has 0 aromatic rings. The van der Waals surface area contributed by atoms with Crippen LogP contribution in [0, 0.1) is 0 Å². The molecule has 0 rings (SSSR count). The summed E-state index contributed by atoms with van der Waals surface area (Å²) >= 11 is 0. The van der Waals surface area contributed by atoms with Crippen molar-refractivity contribution in [2.45, 2.75) is 41.0 Å². The largest absolute Gasteiger partial charge is 0.482 e. The molecule has 11 heavy (non-hydrogen) atoms. The third kappa shape index (κ3) is 45.8. The van der Waals surface area contributed by atoms with E-state index in [0.29, 0.717) is 6.61 Å². The van der Waals surface area contributed by atoms with E-state index in [9.17, 15) is 0 Å². The van der Waals surface area contributed by atoms with E-state index in [0.717, 1.165) is 6.42 Å². The van der Waals surface area contributed by atoms with Crippen LogP contribution in [-0.4, -0.2) is 13.0 Å². The van der Waals surface area contributed by atoms with E-state index in [4.69, 9.17) is 10.6 Å². The Morgan fingerprint density at radius 2 is 1.73 bits per heavy atom. The van der Waals surface area contributed by atoms with Crippen LogP contribution in [0.3, 0.4) is 0 Å². The summed E-state index contributed by atoms with van der Waals surface area (Å²) in [7, 11) is 0. The van der Waals surface area contributed by atoms with Crippen molar-refractivity contribution in [2.75, 3.05) is 6.61 Å². The molecule has 70 valence electrons. The van der Waals surface area contributed by atoms with Gasteiger partial charge in [-0.25, -0.2) is 0 Å². The van der Waals surface area contributed by atoms with Crippen LogP contribution in [0.5, 0.6) is 0 Å². The second-order valence-corrected chi connectivity index (χ2v) is 1.13. The van der Waals surface area contributed by atoms with E-state index in [2.05, 4.69) is 5.10 Å². The SMILES string of the molecule is CC.CC.CCCO/C=N\N. The van der Waals surface area contributed by atoms with Crippen LogP contribution in [-0.2, 0) is 4.74 Å². The molecule has 0 unspecified atom stereocenters. The summed E-state index contributed by atoms with van der Waals surface area (Å²) in [6.07, 6.45) is 2.23. The molecule has 0 heterocycles. The van der Waals surface area contributed by atoms with Crippen molar-refractivity contribution >= 4 is 6.40 Å². The Bertz CT molecular complexity index is 56.1. The van der Waals surface area contributed by atoms with Gasteiger partial charge in [-0.3, -0.25) is 0 Å². The number of rotatable bonds is 3. The van der Waals surface area contributed by atoms with Crippen molar-refractivity contribution in [1.29, 1.82) is 0 Å². The highest BCUT2D eigenvalue weighted by molar-refractivity contribution is 5.45. The van der Waals surface area contributed by atoms with Gasteiger partial charge in [0.25, 0.3) is 0 Å². The zero-order chi connectivity index (χ0) is 9.54. The number of nitrogens with zero attached hydrogens (tertiary/aromatic N) is 1. The zero-order valence-electron chi connectivity index (χ0n) is 8.42. The summed E-state index contributed by atoms with van der Waals surface area (Å²) in [4.78, 5) is 0.